The van der Waals surface area contributed by atoms with Gasteiger partial charge in [0.2, 0.25) is 11.8 Å². The molecule has 0 aliphatic rings. The van der Waals surface area contributed by atoms with Crippen LogP contribution in [0.3, 0.4) is 0 Å². The molecule has 1 heterocycles. The first-order chi connectivity index (χ1) is 13.0. The molecule has 0 aliphatic heterocycles. The minimum Gasteiger partial charge on any atom is -0.484 e. The van der Waals surface area contributed by atoms with E-state index in [2.05, 4.69) is 10.3 Å². The van der Waals surface area contributed by atoms with Crippen molar-refractivity contribution in [2.45, 2.75) is 0 Å². The van der Waals surface area contributed by atoms with Crippen LogP contribution < -0.4 is 10.1 Å². The lowest BCUT2D eigenvalue weighted by atomic mass is 10.3. The zero-order valence-electron chi connectivity index (χ0n) is 15.0. The second-order valence-corrected chi connectivity index (χ2v) is 5.94. The minimum atomic E-state index is -0.311. The highest BCUT2D eigenvalue weighted by Crippen LogP contribution is 2.17. The molecule has 3 aromatic rings. The lowest BCUT2D eigenvalue weighted by Crippen LogP contribution is -2.27. The molecule has 0 atom stereocenters. The summed E-state index contributed by atoms with van der Waals surface area (Å²) in [5, 5.41) is 2.73. The maximum atomic E-state index is 12.0. The second kappa shape index (κ2) is 8.18. The molecule has 7 nitrogen and oxygen atoms in total. The second-order valence-electron chi connectivity index (χ2n) is 5.94. The van der Waals surface area contributed by atoms with E-state index in [0.29, 0.717) is 22.9 Å². The lowest BCUT2D eigenvalue weighted by Gasteiger charge is -2.11. The van der Waals surface area contributed by atoms with Gasteiger partial charge in [0, 0.05) is 31.9 Å². The highest BCUT2D eigenvalue weighted by molar-refractivity contribution is 6.01. The topological polar surface area (TPSA) is 84.7 Å². The van der Waals surface area contributed by atoms with E-state index in [1.807, 2.05) is 24.3 Å². The van der Waals surface area contributed by atoms with Crippen molar-refractivity contribution in [2.24, 2.45) is 0 Å². The van der Waals surface area contributed by atoms with Gasteiger partial charge in [-0.25, -0.2) is 4.98 Å². The third-order valence-corrected chi connectivity index (χ3v) is 3.67. The summed E-state index contributed by atoms with van der Waals surface area (Å²) in [5.41, 5.74) is 2.01. The molecule has 27 heavy (non-hydrogen) atoms. The number of aromatic nitrogens is 1. The normalized spacial score (nSPS) is 10.9. The average molecular weight is 365 g/mol. The van der Waals surface area contributed by atoms with Crippen molar-refractivity contribution in [3.63, 3.8) is 0 Å². The number of carbonyl (C=O) groups is 2. The maximum Gasteiger partial charge on any atom is 0.259 e. The summed E-state index contributed by atoms with van der Waals surface area (Å²) in [7, 11) is 3.33. The lowest BCUT2D eigenvalue weighted by molar-refractivity contribution is -0.130. The molecule has 0 bridgehead atoms. The van der Waals surface area contributed by atoms with E-state index in [0.717, 1.165) is 5.52 Å². The van der Waals surface area contributed by atoms with Gasteiger partial charge in [0.25, 0.3) is 5.91 Å². The largest absolute Gasteiger partial charge is 0.484 e. The summed E-state index contributed by atoms with van der Waals surface area (Å²) < 4.78 is 10.9. The van der Waals surface area contributed by atoms with Gasteiger partial charge in [-0.15, -0.1) is 0 Å². The molecule has 0 aliphatic carbocycles. The Balaban J connectivity index is 1.55. The van der Waals surface area contributed by atoms with E-state index < -0.39 is 0 Å². The average Bonchev–Trinajstić information content (AvgIpc) is 3.08. The van der Waals surface area contributed by atoms with Gasteiger partial charge in [-0.1, -0.05) is 12.1 Å². The van der Waals surface area contributed by atoms with Crippen molar-refractivity contribution < 1.29 is 18.7 Å². The van der Waals surface area contributed by atoms with Gasteiger partial charge >= 0.3 is 0 Å². The number of amides is 2. The number of fused-ring (bicyclic) bond motifs is 1. The summed E-state index contributed by atoms with van der Waals surface area (Å²) in [6.45, 7) is -0.0358. The van der Waals surface area contributed by atoms with Crippen LogP contribution in [-0.2, 0) is 9.59 Å². The highest BCUT2D eigenvalue weighted by Gasteiger charge is 2.06. The third-order valence-electron chi connectivity index (χ3n) is 3.67. The molecule has 2 amide bonds. The Bertz CT molecular complexity index is 941. The molecule has 0 saturated carbocycles. The van der Waals surface area contributed by atoms with Crippen LogP contribution in [0.25, 0.3) is 17.2 Å². The van der Waals surface area contributed by atoms with Crippen LogP contribution in [0.2, 0.25) is 0 Å². The fourth-order valence-electron chi connectivity index (χ4n) is 2.20. The van der Waals surface area contributed by atoms with E-state index in [1.54, 1.807) is 38.4 Å². The monoisotopic (exact) mass is 365 g/mol. The minimum absolute atomic E-state index is 0.0358. The number of nitrogens with one attached hydrogen (secondary N) is 1. The molecule has 3 rings (SSSR count). The molecule has 7 heteroatoms. The number of ether oxygens (including phenoxy) is 1. The molecule has 2 aromatic carbocycles. The Morgan fingerprint density at radius 2 is 1.89 bits per heavy atom. The van der Waals surface area contributed by atoms with Crippen molar-refractivity contribution in [1.82, 2.24) is 9.88 Å². The summed E-state index contributed by atoms with van der Waals surface area (Å²) >= 11 is 0. The van der Waals surface area contributed by atoms with Gasteiger partial charge in [0.05, 0.1) is 0 Å². The maximum absolute atomic E-state index is 12.0. The van der Waals surface area contributed by atoms with Gasteiger partial charge in [-0.2, -0.15) is 0 Å². The van der Waals surface area contributed by atoms with Crippen LogP contribution in [0.4, 0.5) is 5.69 Å². The molecule has 0 saturated heterocycles. The summed E-state index contributed by atoms with van der Waals surface area (Å²) in [4.78, 5) is 29.3. The number of nitrogens with zero attached hydrogens (tertiary/aromatic N) is 2. The predicted octanol–water partition coefficient (Wildman–Crippen LogP) is 2.95. The van der Waals surface area contributed by atoms with Crippen LogP contribution in [0.15, 0.2) is 59.0 Å². The number of benzene rings is 2. The van der Waals surface area contributed by atoms with Crippen molar-refractivity contribution in [3.8, 4) is 5.75 Å². The van der Waals surface area contributed by atoms with Crippen molar-refractivity contribution in [2.75, 3.05) is 26.0 Å². The number of carbonyl (C=O) groups excluding carboxylic acids is 2. The number of oxazole rings is 1. The Morgan fingerprint density at radius 1 is 1.15 bits per heavy atom. The van der Waals surface area contributed by atoms with E-state index in [9.17, 15) is 9.59 Å². The number of anilines is 1. The Morgan fingerprint density at radius 3 is 2.59 bits per heavy atom. The number of hydrogen-bond acceptors (Lipinski definition) is 5. The van der Waals surface area contributed by atoms with Gasteiger partial charge in [0.15, 0.2) is 12.2 Å². The molecular weight excluding hydrogens is 346 g/mol. The number of rotatable bonds is 6. The van der Waals surface area contributed by atoms with Gasteiger partial charge < -0.3 is 19.4 Å². The number of likely N-dealkylation sites (N-methyl/N-ethyl adjacent to an activating group) is 1. The van der Waals surface area contributed by atoms with Crippen molar-refractivity contribution in [3.05, 3.63) is 60.5 Å². The molecule has 1 N–H and O–H groups in total. The Labute approximate surface area is 156 Å². The van der Waals surface area contributed by atoms with Crippen molar-refractivity contribution in [1.29, 1.82) is 0 Å². The molecule has 0 spiro atoms. The zero-order chi connectivity index (χ0) is 19.2. The molecule has 0 fully saturated rings. The SMILES string of the molecule is CN(C)C(=O)COc1ccc(NC(=O)/C=C/c2nc3ccccc3o2)cc1. The van der Waals surface area contributed by atoms with Crippen LogP contribution in [0, 0.1) is 0 Å². The fraction of sp³-hybridized carbons (Fsp3) is 0.150. The van der Waals surface area contributed by atoms with Crippen LogP contribution >= 0.6 is 0 Å². The third kappa shape index (κ3) is 4.94. The quantitative estimate of drug-likeness (QED) is 0.679. The zero-order valence-corrected chi connectivity index (χ0v) is 15.0. The van der Waals surface area contributed by atoms with Crippen LogP contribution in [0.5, 0.6) is 5.75 Å². The van der Waals surface area contributed by atoms with Gasteiger partial charge in [-0.3, -0.25) is 9.59 Å². The summed E-state index contributed by atoms with van der Waals surface area (Å²) in [5.74, 6) is 0.469. The molecule has 0 radical (unpaired) electrons. The standard InChI is InChI=1S/C20H19N3O4/c1-23(2)20(25)13-26-15-9-7-14(8-10-15)21-18(24)11-12-19-22-16-5-3-4-6-17(16)27-19/h3-12H,13H2,1-2H3,(H,21,24)/b12-11+. The Hall–Kier alpha value is -3.61. The van der Waals surface area contributed by atoms with E-state index in [4.69, 9.17) is 9.15 Å². The summed E-state index contributed by atoms with van der Waals surface area (Å²) in [6, 6.07) is 14.1. The van der Waals surface area contributed by atoms with E-state index in [-0.39, 0.29) is 18.4 Å². The molecule has 138 valence electrons. The Kier molecular flexibility index (Phi) is 5.51. The van der Waals surface area contributed by atoms with Crippen LogP contribution in [0.1, 0.15) is 5.89 Å². The fourth-order valence-corrected chi connectivity index (χ4v) is 2.20. The first-order valence-corrected chi connectivity index (χ1v) is 8.29. The van der Waals surface area contributed by atoms with Gasteiger partial charge in [0.1, 0.15) is 11.3 Å². The first-order valence-electron chi connectivity index (χ1n) is 8.29. The smallest absolute Gasteiger partial charge is 0.259 e. The number of hydrogen-bond donors (Lipinski definition) is 1. The van der Waals surface area contributed by atoms with Crippen molar-refractivity contribution >= 4 is 34.7 Å². The van der Waals surface area contributed by atoms with E-state index in [1.165, 1.54) is 17.1 Å². The van der Waals surface area contributed by atoms with Crippen LogP contribution in [-0.4, -0.2) is 42.4 Å². The van der Waals surface area contributed by atoms with E-state index >= 15 is 0 Å². The molecule has 1 aromatic heterocycles. The first kappa shape index (κ1) is 18.2. The summed E-state index contributed by atoms with van der Waals surface area (Å²) in [6.07, 6.45) is 2.87. The molecule has 0 unspecified atom stereocenters. The van der Waals surface area contributed by atoms with Gasteiger partial charge in [-0.05, 0) is 36.4 Å². The highest BCUT2D eigenvalue weighted by atomic mass is 16.5. The predicted molar refractivity (Wildman–Crippen MR) is 102 cm³/mol. The number of para-hydroxylation sites is 2. The molecular formula is C20H19N3O4.